The second kappa shape index (κ2) is 8.07. The molecule has 0 radical (unpaired) electrons. The normalized spacial score (nSPS) is 12.8. The standard InChI is InChI=1S/C24H25ClSi/c1-19(2)24(25)20(3)26(21-13-7-4-8-14-21,22-15-9-5-10-16-22)23-17-11-6-12-18-23/h4-19,24H,3H2,1-2H3. The first-order valence-corrected chi connectivity index (χ1v) is 11.5. The van der Waals surface area contributed by atoms with Crippen LogP contribution in [0.1, 0.15) is 13.8 Å². The summed E-state index contributed by atoms with van der Waals surface area (Å²) in [7, 11) is -2.48. The molecule has 0 amide bonds. The number of alkyl halides is 1. The van der Waals surface area contributed by atoms with E-state index in [0.29, 0.717) is 5.92 Å². The van der Waals surface area contributed by atoms with Gasteiger partial charge in [-0.1, -0.05) is 110 Å². The Labute approximate surface area is 163 Å². The monoisotopic (exact) mass is 376 g/mol. The molecule has 2 heteroatoms. The van der Waals surface area contributed by atoms with Crippen molar-refractivity contribution in [1.82, 2.24) is 0 Å². The summed E-state index contributed by atoms with van der Waals surface area (Å²) in [4.78, 5) is 0. The second-order valence-corrected chi connectivity index (χ2v) is 11.4. The van der Waals surface area contributed by atoms with Crippen molar-refractivity contribution in [3.63, 3.8) is 0 Å². The quantitative estimate of drug-likeness (QED) is 0.337. The van der Waals surface area contributed by atoms with E-state index in [1.165, 1.54) is 15.6 Å². The third kappa shape index (κ3) is 3.30. The van der Waals surface area contributed by atoms with Crippen molar-refractivity contribution in [3.8, 4) is 0 Å². The highest BCUT2D eigenvalue weighted by atomic mass is 35.5. The van der Waals surface area contributed by atoms with Gasteiger partial charge in [0.15, 0.2) is 8.07 Å². The zero-order chi connectivity index (χ0) is 18.6. The molecular formula is C24H25ClSi. The van der Waals surface area contributed by atoms with Gasteiger partial charge >= 0.3 is 0 Å². The van der Waals surface area contributed by atoms with Crippen molar-refractivity contribution in [2.45, 2.75) is 19.2 Å². The van der Waals surface area contributed by atoms with Gasteiger partial charge in [0, 0.05) is 0 Å². The Morgan fingerprint density at radius 2 is 1.00 bits per heavy atom. The zero-order valence-corrected chi connectivity index (χ0v) is 17.2. The molecule has 0 bridgehead atoms. The Hall–Kier alpha value is -2.09. The van der Waals surface area contributed by atoms with Crippen molar-refractivity contribution in [2.75, 3.05) is 0 Å². The molecular weight excluding hydrogens is 352 g/mol. The fourth-order valence-corrected chi connectivity index (χ4v) is 9.16. The van der Waals surface area contributed by atoms with Crippen LogP contribution in [0.5, 0.6) is 0 Å². The minimum Gasteiger partial charge on any atom is -0.118 e. The number of benzene rings is 3. The molecule has 3 aromatic carbocycles. The van der Waals surface area contributed by atoms with E-state index in [1.54, 1.807) is 0 Å². The molecule has 0 fully saturated rings. The molecule has 0 aromatic heterocycles. The summed E-state index contributed by atoms with van der Waals surface area (Å²) < 4.78 is 0. The first-order chi connectivity index (χ1) is 12.6. The van der Waals surface area contributed by atoms with E-state index < -0.39 is 8.07 Å². The molecule has 0 heterocycles. The van der Waals surface area contributed by atoms with Crippen LogP contribution in [-0.4, -0.2) is 13.5 Å². The first kappa shape index (κ1) is 18.7. The summed E-state index contributed by atoms with van der Waals surface area (Å²) >= 11 is 6.94. The minimum absolute atomic E-state index is 0.0812. The highest BCUT2D eigenvalue weighted by molar-refractivity contribution is 7.16. The Bertz CT molecular complexity index is 744. The average Bonchev–Trinajstić information content (AvgIpc) is 2.70. The molecule has 0 aliphatic heterocycles. The van der Waals surface area contributed by atoms with Crippen molar-refractivity contribution in [1.29, 1.82) is 0 Å². The van der Waals surface area contributed by atoms with E-state index in [0.717, 1.165) is 5.20 Å². The predicted molar refractivity (Wildman–Crippen MR) is 118 cm³/mol. The SMILES string of the molecule is C=C(C(Cl)C(C)C)[Si](c1ccccc1)(c1ccccc1)c1ccccc1. The molecule has 26 heavy (non-hydrogen) atoms. The molecule has 3 rings (SSSR count). The van der Waals surface area contributed by atoms with Gasteiger partial charge in [0.1, 0.15) is 0 Å². The van der Waals surface area contributed by atoms with Crippen LogP contribution in [0.2, 0.25) is 0 Å². The van der Waals surface area contributed by atoms with Crippen molar-refractivity contribution < 1.29 is 0 Å². The van der Waals surface area contributed by atoms with E-state index >= 15 is 0 Å². The summed E-state index contributed by atoms with van der Waals surface area (Å²) in [5.74, 6) is 0.326. The number of allylic oxidation sites excluding steroid dienone is 1. The van der Waals surface area contributed by atoms with Gasteiger partial charge in [0.05, 0.1) is 5.38 Å². The first-order valence-electron chi connectivity index (χ1n) is 9.08. The molecule has 1 unspecified atom stereocenters. The topological polar surface area (TPSA) is 0 Å². The van der Waals surface area contributed by atoms with Crippen LogP contribution in [0.4, 0.5) is 0 Å². The van der Waals surface area contributed by atoms with E-state index in [2.05, 4.69) is 111 Å². The van der Waals surface area contributed by atoms with Crippen LogP contribution in [0.3, 0.4) is 0 Å². The fraction of sp³-hybridized carbons (Fsp3) is 0.167. The van der Waals surface area contributed by atoms with Gasteiger partial charge in [0.2, 0.25) is 0 Å². The maximum Gasteiger partial charge on any atom is 0.176 e. The Kier molecular flexibility index (Phi) is 5.80. The summed E-state index contributed by atoms with van der Waals surface area (Å²) in [5.41, 5.74) is 0. The van der Waals surface area contributed by atoms with E-state index in [1.807, 2.05) is 0 Å². The number of halogens is 1. The highest BCUT2D eigenvalue weighted by Gasteiger charge is 2.44. The maximum atomic E-state index is 6.94. The number of rotatable bonds is 6. The lowest BCUT2D eigenvalue weighted by Crippen LogP contribution is -2.69. The second-order valence-electron chi connectivity index (χ2n) is 7.02. The van der Waals surface area contributed by atoms with E-state index in [4.69, 9.17) is 11.6 Å². The largest absolute Gasteiger partial charge is 0.176 e. The fourth-order valence-electron chi connectivity index (χ4n) is 3.73. The van der Waals surface area contributed by atoms with Crippen LogP contribution in [0, 0.1) is 5.92 Å². The molecule has 0 spiro atoms. The molecule has 1 atom stereocenters. The third-order valence-corrected chi connectivity index (χ3v) is 10.8. The zero-order valence-electron chi connectivity index (χ0n) is 15.4. The summed E-state index contributed by atoms with van der Waals surface area (Å²) in [5, 5.41) is 5.05. The van der Waals surface area contributed by atoms with Gasteiger partial charge < -0.3 is 0 Å². The molecule has 0 aliphatic carbocycles. The number of hydrogen-bond acceptors (Lipinski definition) is 0. The highest BCUT2D eigenvalue weighted by Crippen LogP contribution is 2.26. The van der Waals surface area contributed by atoms with E-state index in [9.17, 15) is 0 Å². The van der Waals surface area contributed by atoms with Crippen LogP contribution >= 0.6 is 11.6 Å². The van der Waals surface area contributed by atoms with Gasteiger partial charge in [-0.3, -0.25) is 0 Å². The van der Waals surface area contributed by atoms with Crippen molar-refractivity contribution in [2.24, 2.45) is 5.92 Å². The molecule has 0 nitrogen and oxygen atoms in total. The van der Waals surface area contributed by atoms with Crippen LogP contribution in [-0.2, 0) is 0 Å². The van der Waals surface area contributed by atoms with Gasteiger partial charge in [-0.2, -0.15) is 0 Å². The van der Waals surface area contributed by atoms with Gasteiger partial charge in [-0.05, 0) is 21.5 Å². The van der Waals surface area contributed by atoms with E-state index in [-0.39, 0.29) is 5.38 Å². The van der Waals surface area contributed by atoms with Crippen molar-refractivity contribution in [3.05, 3.63) is 103 Å². The van der Waals surface area contributed by atoms with Gasteiger partial charge in [-0.15, -0.1) is 18.2 Å². The van der Waals surface area contributed by atoms with Crippen molar-refractivity contribution >= 4 is 35.2 Å². The predicted octanol–water partition coefficient (Wildman–Crippen LogP) is 4.52. The molecule has 0 saturated carbocycles. The third-order valence-electron chi connectivity index (χ3n) is 5.02. The smallest absolute Gasteiger partial charge is 0.118 e. The lowest BCUT2D eigenvalue weighted by molar-refractivity contribution is 0.664. The summed E-state index contributed by atoms with van der Waals surface area (Å²) in [6.45, 7) is 8.95. The summed E-state index contributed by atoms with van der Waals surface area (Å²) in [6, 6.07) is 32.4. The summed E-state index contributed by atoms with van der Waals surface area (Å²) in [6.07, 6.45) is 0. The average molecular weight is 377 g/mol. The Morgan fingerprint density at radius 1 is 0.692 bits per heavy atom. The van der Waals surface area contributed by atoms with Gasteiger partial charge in [-0.25, -0.2) is 0 Å². The van der Waals surface area contributed by atoms with Crippen LogP contribution < -0.4 is 15.6 Å². The number of hydrogen-bond donors (Lipinski definition) is 0. The molecule has 0 saturated heterocycles. The lowest BCUT2D eigenvalue weighted by atomic mass is 10.1. The Balaban J connectivity index is 2.38. The van der Waals surface area contributed by atoms with Crippen LogP contribution in [0.15, 0.2) is 103 Å². The lowest BCUT2D eigenvalue weighted by Gasteiger charge is -2.38. The molecule has 3 aromatic rings. The minimum atomic E-state index is -2.48. The molecule has 0 N–H and O–H groups in total. The molecule has 132 valence electrons. The van der Waals surface area contributed by atoms with Gasteiger partial charge in [0.25, 0.3) is 0 Å². The maximum absolute atomic E-state index is 6.94. The Morgan fingerprint density at radius 3 is 1.27 bits per heavy atom. The van der Waals surface area contributed by atoms with Crippen LogP contribution in [0.25, 0.3) is 0 Å². The molecule has 0 aliphatic rings.